The minimum Gasteiger partial charge on any atom is -0.489 e. The smallest absolute Gasteiger partial charge is 0.338 e. The van der Waals surface area contributed by atoms with Crippen LogP contribution >= 0.6 is 0 Å². The van der Waals surface area contributed by atoms with Crippen LogP contribution in [0.25, 0.3) is 0 Å². The number of ether oxygens (including phenoxy) is 27. The third-order valence-electron chi connectivity index (χ3n) is 13.9. The van der Waals surface area contributed by atoms with Crippen LogP contribution in [0.2, 0.25) is 0 Å². The lowest BCUT2D eigenvalue weighted by Crippen LogP contribution is -2.22. The molecule has 0 bridgehead atoms. The molecule has 0 radical (unpaired) electrons. The molecule has 0 saturated carbocycles. The normalized spacial score (nSPS) is 12.3. The van der Waals surface area contributed by atoms with Gasteiger partial charge in [0.15, 0.2) is 23.0 Å². The average molecular weight is 1560 g/mol. The van der Waals surface area contributed by atoms with Crippen LogP contribution in [0.3, 0.4) is 0 Å². The van der Waals surface area contributed by atoms with E-state index in [1.807, 2.05) is 118 Å². The lowest BCUT2D eigenvalue weighted by atomic mass is 10.1. The molecule has 0 saturated heterocycles. The zero-order valence-corrected chi connectivity index (χ0v) is 69.4. The van der Waals surface area contributed by atoms with Crippen molar-refractivity contribution in [1.29, 1.82) is 0 Å². The fourth-order valence-corrected chi connectivity index (χ4v) is 9.01. The van der Waals surface area contributed by atoms with Crippen molar-refractivity contribution in [1.82, 2.24) is 0 Å². The lowest BCUT2D eigenvalue weighted by Gasteiger charge is -2.20. The standard InChI is InChI=1S/C81H138O28/c1-64(2)96-43-31-84-19-20-89-36-48-101-74-70(97-44-32-85-21-26-91-38-50-105-77(3,4)5)55-65(56-71(74)98-45-33-86-22-27-92-39-51-106-78(6,7)8)62-103-68-59-67(76(82)83-18)60-69(61-68)104-63-66-57-72(99-46-34-87-23-28-93-40-52-107-79(9,10)11)75(102-49-37-90-25-30-95-42-54-109-81(15,16)17)73(58-66)100-47-35-88-24-29-94-41-53-108-80(12,13)14/h55-61,64H,19-54,62-63H2,1-18H3. The first-order valence-electron chi connectivity index (χ1n) is 38.3. The van der Waals surface area contributed by atoms with Crippen molar-refractivity contribution in [3.05, 3.63) is 59.2 Å². The van der Waals surface area contributed by atoms with Gasteiger partial charge in [0.1, 0.15) is 64.4 Å². The van der Waals surface area contributed by atoms with Gasteiger partial charge >= 0.3 is 5.97 Å². The van der Waals surface area contributed by atoms with Gasteiger partial charge in [-0.3, -0.25) is 0 Å². The predicted molar refractivity (Wildman–Crippen MR) is 412 cm³/mol. The number of carbonyl (C=O) groups excluding carboxylic acids is 1. The monoisotopic (exact) mass is 1560 g/mol. The highest BCUT2D eigenvalue weighted by Gasteiger charge is 2.22. The van der Waals surface area contributed by atoms with Gasteiger partial charge in [0.2, 0.25) is 11.5 Å². The van der Waals surface area contributed by atoms with Crippen molar-refractivity contribution in [2.45, 2.75) is 165 Å². The Morgan fingerprint density at radius 3 is 0.697 bits per heavy atom. The summed E-state index contributed by atoms with van der Waals surface area (Å²) in [6.07, 6.45) is 0.117. The Balaban J connectivity index is 1.98. The first-order chi connectivity index (χ1) is 52.0. The van der Waals surface area contributed by atoms with Crippen LogP contribution in [-0.2, 0) is 103 Å². The van der Waals surface area contributed by atoms with Gasteiger partial charge in [-0.05, 0) is 165 Å². The van der Waals surface area contributed by atoms with E-state index in [-0.39, 0.29) is 144 Å². The van der Waals surface area contributed by atoms with Crippen molar-refractivity contribution in [2.75, 3.05) is 245 Å². The zero-order chi connectivity index (χ0) is 79.9. The number of benzene rings is 3. The van der Waals surface area contributed by atoms with Gasteiger partial charge in [0.05, 0.1) is 245 Å². The number of methoxy groups -OCH3 is 1. The highest BCUT2D eigenvalue weighted by Crippen LogP contribution is 2.41. The minimum absolute atomic E-state index is 0.0387. The van der Waals surface area contributed by atoms with Crippen molar-refractivity contribution in [2.24, 2.45) is 0 Å². The third-order valence-corrected chi connectivity index (χ3v) is 13.9. The molecule has 0 unspecified atom stereocenters. The van der Waals surface area contributed by atoms with E-state index in [0.29, 0.717) is 204 Å². The molecule has 109 heavy (non-hydrogen) atoms. The quantitative estimate of drug-likeness (QED) is 0.0375. The van der Waals surface area contributed by atoms with E-state index in [1.54, 1.807) is 42.5 Å². The molecule has 0 aromatic heterocycles. The van der Waals surface area contributed by atoms with Gasteiger partial charge in [-0.2, -0.15) is 0 Å². The van der Waals surface area contributed by atoms with Crippen molar-refractivity contribution in [3.63, 3.8) is 0 Å². The van der Waals surface area contributed by atoms with Crippen LogP contribution in [0.5, 0.6) is 46.0 Å². The van der Waals surface area contributed by atoms with Gasteiger partial charge in [-0.1, -0.05) is 0 Å². The molecule has 0 spiro atoms. The molecule has 0 aliphatic heterocycles. The van der Waals surface area contributed by atoms with E-state index in [0.717, 1.165) is 0 Å². The van der Waals surface area contributed by atoms with E-state index in [9.17, 15) is 4.79 Å². The Bertz CT molecular complexity index is 2640. The molecule has 630 valence electrons. The van der Waals surface area contributed by atoms with Crippen molar-refractivity contribution < 1.29 is 133 Å². The Hall–Kier alpha value is -5.19. The highest BCUT2D eigenvalue weighted by molar-refractivity contribution is 5.90. The number of hydrogen-bond acceptors (Lipinski definition) is 28. The molecule has 0 atom stereocenters. The van der Waals surface area contributed by atoms with Gasteiger partial charge in [-0.15, -0.1) is 0 Å². The second kappa shape index (κ2) is 57.8. The number of esters is 1. The van der Waals surface area contributed by atoms with Crippen molar-refractivity contribution in [3.8, 4) is 46.0 Å². The Kier molecular flexibility index (Phi) is 51.9. The summed E-state index contributed by atoms with van der Waals surface area (Å²) >= 11 is 0. The van der Waals surface area contributed by atoms with E-state index in [2.05, 4.69) is 0 Å². The number of rotatable bonds is 68. The summed E-state index contributed by atoms with van der Waals surface area (Å²) in [5, 5.41) is 0. The molecule has 0 amide bonds. The predicted octanol–water partition coefficient (Wildman–Crippen LogP) is 11.6. The van der Waals surface area contributed by atoms with E-state index in [4.69, 9.17) is 128 Å². The Morgan fingerprint density at radius 1 is 0.266 bits per heavy atom. The molecule has 3 aromatic carbocycles. The summed E-state index contributed by atoms with van der Waals surface area (Å²) in [4.78, 5) is 13.4. The SMILES string of the molecule is COC(=O)c1cc(OCc2cc(OCCOCCOCCOC(C)(C)C)c(OCCOCCOCCOC(C)C)c(OCCOCCOCCOC(C)(C)C)c2)cc(OCc2cc(OCCOCCOCCOC(C)(C)C)c(OCCOCCOCCOC(C)(C)C)c(OCCOCCOCCOC(C)(C)C)c2)c1. The van der Waals surface area contributed by atoms with Gasteiger partial charge < -0.3 is 128 Å². The van der Waals surface area contributed by atoms with E-state index >= 15 is 0 Å². The number of carbonyl (C=O) groups is 1. The second-order valence-corrected chi connectivity index (χ2v) is 29.8. The summed E-state index contributed by atoms with van der Waals surface area (Å²) in [5.74, 6) is 2.00. The van der Waals surface area contributed by atoms with Crippen LogP contribution in [0.15, 0.2) is 42.5 Å². The van der Waals surface area contributed by atoms with Gasteiger partial charge in [-0.25, -0.2) is 4.79 Å². The maximum absolute atomic E-state index is 13.4. The maximum Gasteiger partial charge on any atom is 0.338 e. The summed E-state index contributed by atoms with van der Waals surface area (Å²) in [5.41, 5.74) is 0.107. The summed E-state index contributed by atoms with van der Waals surface area (Å²) in [7, 11) is 1.30. The molecule has 0 fully saturated rings. The van der Waals surface area contributed by atoms with Crippen LogP contribution in [0, 0.1) is 0 Å². The van der Waals surface area contributed by atoms with Crippen molar-refractivity contribution >= 4 is 5.97 Å². The van der Waals surface area contributed by atoms with E-state index < -0.39 is 5.97 Å². The Labute approximate surface area is 651 Å². The van der Waals surface area contributed by atoms with Gasteiger partial charge in [0.25, 0.3) is 0 Å². The van der Waals surface area contributed by atoms with Crippen LogP contribution in [0.4, 0.5) is 0 Å². The topological polar surface area (TPSA) is 266 Å². The molecule has 0 aliphatic rings. The largest absolute Gasteiger partial charge is 0.489 e. The first kappa shape index (κ1) is 98.0. The highest BCUT2D eigenvalue weighted by atomic mass is 16.6. The minimum atomic E-state index is -0.621. The second-order valence-electron chi connectivity index (χ2n) is 29.8. The molecule has 0 N–H and O–H groups in total. The number of hydrogen-bond donors (Lipinski definition) is 0. The molecule has 28 heteroatoms. The molecular weight excluding hydrogens is 1420 g/mol. The fourth-order valence-electron chi connectivity index (χ4n) is 9.01. The average Bonchev–Trinajstić information content (AvgIpc) is 0.825. The van der Waals surface area contributed by atoms with E-state index in [1.165, 1.54) is 7.11 Å². The zero-order valence-electron chi connectivity index (χ0n) is 69.4. The molecule has 0 aliphatic carbocycles. The summed E-state index contributed by atoms with van der Waals surface area (Å²) < 4.78 is 161. The lowest BCUT2D eigenvalue weighted by molar-refractivity contribution is -0.0438. The summed E-state index contributed by atoms with van der Waals surface area (Å²) in [6, 6.07) is 12.0. The molecule has 0 heterocycles. The molecular formula is C81H138O28. The third kappa shape index (κ3) is 55.0. The molecule has 3 rings (SSSR count). The summed E-state index contributed by atoms with van der Waals surface area (Å²) in [6.45, 7) is 45.9. The Morgan fingerprint density at radius 2 is 0.477 bits per heavy atom. The van der Waals surface area contributed by atoms with Crippen LogP contribution in [-0.4, -0.2) is 285 Å². The molecule has 3 aromatic rings. The first-order valence-corrected chi connectivity index (χ1v) is 38.3. The van der Waals surface area contributed by atoms with Gasteiger partial charge in [0, 0.05) is 6.07 Å². The van der Waals surface area contributed by atoms with Crippen LogP contribution < -0.4 is 37.9 Å². The fraction of sp³-hybridized carbons (Fsp3) is 0.765. The maximum atomic E-state index is 13.4. The molecule has 28 nitrogen and oxygen atoms in total. The van der Waals surface area contributed by atoms with Crippen LogP contribution in [0.1, 0.15) is 139 Å².